The predicted octanol–water partition coefficient (Wildman–Crippen LogP) is 10.2. The summed E-state index contributed by atoms with van der Waals surface area (Å²) in [5, 5.41) is 17.8. The van der Waals surface area contributed by atoms with E-state index in [1.54, 1.807) is 12.1 Å². The summed E-state index contributed by atoms with van der Waals surface area (Å²) < 4.78 is 19.0. The number of carbonyl (C=O) groups excluding carboxylic acids is 1. The van der Waals surface area contributed by atoms with Gasteiger partial charge < -0.3 is 34.9 Å². The maximum absolute atomic E-state index is 13.1. The van der Waals surface area contributed by atoms with Gasteiger partial charge in [0.25, 0.3) is 0 Å². The standard InChI is InChI=1S/C53H67ClN4O6/c1-36(35-64-48-20-26-55-47-13-4-8-37(2)50(47)48)30-40-32-39-15-18-45(34-46(39)52(40)21-23-53(24-22-52,51(60)61)57-42-11-6-10-41(54)33-42)62-28-7-14-49(59)56-25-19-38-9-5-12-44(31-38)63-29-27-58(3)43-16-17-43/h5-6,9-12,15,18,20,26,31,33-34,36-37,40,43,57H,4,7-8,13-14,16-17,19,21-25,27-30,32,35H2,1-3H3,(H,56,59)(H,60,61)/t36-,37-,40+,52?,53?/m1/s1. The highest BCUT2D eigenvalue weighted by Crippen LogP contribution is 2.57. The molecule has 1 aromatic heterocycles. The molecule has 1 heterocycles. The first-order chi connectivity index (χ1) is 31.0. The average molecular weight is 892 g/mol. The molecule has 0 unspecified atom stereocenters. The van der Waals surface area contributed by atoms with E-state index < -0.39 is 11.5 Å². The van der Waals surface area contributed by atoms with Crippen molar-refractivity contribution >= 4 is 29.2 Å². The number of likely N-dealkylation sites (N-methyl/N-ethyl adjacent to an activating group) is 1. The number of aromatic nitrogens is 1. The highest BCUT2D eigenvalue weighted by molar-refractivity contribution is 6.30. The van der Waals surface area contributed by atoms with Gasteiger partial charge in [0.05, 0.1) is 13.2 Å². The van der Waals surface area contributed by atoms with Crippen LogP contribution in [0.25, 0.3) is 0 Å². The Morgan fingerprint density at radius 1 is 0.953 bits per heavy atom. The van der Waals surface area contributed by atoms with Crippen LogP contribution in [0.5, 0.6) is 17.2 Å². The molecule has 2 saturated carbocycles. The molecular weight excluding hydrogens is 824 g/mol. The van der Waals surface area contributed by atoms with Crippen LogP contribution in [0.4, 0.5) is 5.69 Å². The summed E-state index contributed by atoms with van der Waals surface area (Å²) in [6, 6.07) is 24.7. The lowest BCUT2D eigenvalue weighted by Crippen LogP contribution is -2.53. The molecule has 3 aromatic carbocycles. The highest BCUT2D eigenvalue weighted by atomic mass is 35.5. The Kier molecular flexibility index (Phi) is 14.7. The lowest BCUT2D eigenvalue weighted by Gasteiger charge is -2.47. The Balaban J connectivity index is 0.878. The van der Waals surface area contributed by atoms with Crippen LogP contribution in [0.2, 0.25) is 5.02 Å². The van der Waals surface area contributed by atoms with Gasteiger partial charge in [-0.05, 0) is 179 Å². The van der Waals surface area contributed by atoms with Crippen molar-refractivity contribution in [1.29, 1.82) is 0 Å². The van der Waals surface area contributed by atoms with Gasteiger partial charge in [-0.2, -0.15) is 0 Å². The Morgan fingerprint density at radius 2 is 1.75 bits per heavy atom. The summed E-state index contributed by atoms with van der Waals surface area (Å²) in [4.78, 5) is 33.0. The van der Waals surface area contributed by atoms with E-state index in [-0.39, 0.29) is 17.2 Å². The molecule has 4 aliphatic carbocycles. The number of fused-ring (bicyclic) bond motifs is 3. The van der Waals surface area contributed by atoms with E-state index >= 15 is 0 Å². The molecule has 4 aromatic rings. The molecule has 3 atom stereocenters. The number of amides is 1. The molecule has 1 amide bonds. The molecule has 3 N–H and O–H groups in total. The normalized spacial score (nSPS) is 23.0. The summed E-state index contributed by atoms with van der Waals surface area (Å²) in [6.07, 6.45) is 13.8. The molecule has 11 heteroatoms. The fourth-order valence-corrected chi connectivity index (χ4v) is 11.0. The van der Waals surface area contributed by atoms with Crippen LogP contribution in [0.1, 0.15) is 118 Å². The van der Waals surface area contributed by atoms with Gasteiger partial charge in [0.2, 0.25) is 5.91 Å². The van der Waals surface area contributed by atoms with Crippen LogP contribution in [0.15, 0.2) is 79.0 Å². The second kappa shape index (κ2) is 20.6. The zero-order valence-electron chi connectivity index (χ0n) is 38.0. The van der Waals surface area contributed by atoms with Crippen molar-refractivity contribution in [3.8, 4) is 17.2 Å². The van der Waals surface area contributed by atoms with Crippen LogP contribution in [-0.4, -0.2) is 78.4 Å². The number of carbonyl (C=O) groups is 2. The number of anilines is 1. The zero-order valence-corrected chi connectivity index (χ0v) is 38.8. The fourth-order valence-electron chi connectivity index (χ4n) is 10.8. The topological polar surface area (TPSA) is 122 Å². The average Bonchev–Trinajstić information content (AvgIpc) is 4.10. The van der Waals surface area contributed by atoms with Crippen molar-refractivity contribution in [2.75, 3.05) is 45.3 Å². The molecule has 8 rings (SSSR count). The third-order valence-corrected chi connectivity index (χ3v) is 14.8. The first-order valence-corrected chi connectivity index (χ1v) is 24.2. The van der Waals surface area contributed by atoms with Crippen LogP contribution < -0.4 is 24.8 Å². The van der Waals surface area contributed by atoms with Crippen molar-refractivity contribution in [3.63, 3.8) is 0 Å². The SMILES string of the molecule is C[C@@H](COc1ccnc2c1[C@H](C)CCC2)C[C@H]1Cc2ccc(OCCCC(=O)NCCc3cccc(OCCN(C)C4CC4)c3)cc2C12CCC(Nc1cccc(Cl)c1)(C(=O)O)CC2. The molecule has 2 fully saturated rings. The second-order valence-corrected chi connectivity index (χ2v) is 19.7. The van der Waals surface area contributed by atoms with E-state index in [1.807, 2.05) is 36.5 Å². The van der Waals surface area contributed by atoms with Crippen molar-refractivity contribution in [3.05, 3.63) is 112 Å². The number of halogens is 1. The predicted molar refractivity (Wildman–Crippen MR) is 253 cm³/mol. The van der Waals surface area contributed by atoms with Gasteiger partial charge in [-0.1, -0.05) is 49.7 Å². The molecule has 342 valence electrons. The molecule has 0 aliphatic heterocycles. The molecule has 0 saturated heterocycles. The van der Waals surface area contributed by atoms with Gasteiger partial charge in [-0.15, -0.1) is 0 Å². The van der Waals surface area contributed by atoms with Crippen molar-refractivity contribution in [2.45, 2.75) is 127 Å². The molecule has 10 nitrogen and oxygen atoms in total. The summed E-state index contributed by atoms with van der Waals surface area (Å²) in [5.41, 5.74) is 5.58. The number of aryl methyl sites for hydroxylation is 1. The first-order valence-electron chi connectivity index (χ1n) is 23.8. The van der Waals surface area contributed by atoms with Gasteiger partial charge in [0.1, 0.15) is 29.4 Å². The van der Waals surface area contributed by atoms with Crippen LogP contribution >= 0.6 is 11.6 Å². The van der Waals surface area contributed by atoms with E-state index in [0.29, 0.717) is 68.9 Å². The molecule has 0 radical (unpaired) electrons. The summed E-state index contributed by atoms with van der Waals surface area (Å²) >= 11 is 6.33. The number of carboxylic acid groups (broad SMARTS) is 1. The van der Waals surface area contributed by atoms with Gasteiger partial charge in [0.15, 0.2) is 0 Å². The summed E-state index contributed by atoms with van der Waals surface area (Å²) in [6.45, 7) is 7.76. The number of nitrogens with zero attached hydrogens (tertiary/aromatic N) is 2. The molecular formula is C53H67ClN4O6. The maximum atomic E-state index is 13.1. The second-order valence-electron chi connectivity index (χ2n) is 19.3. The molecule has 4 aliphatic rings. The van der Waals surface area contributed by atoms with Crippen LogP contribution in [-0.2, 0) is 34.3 Å². The minimum atomic E-state index is -1.10. The van der Waals surface area contributed by atoms with E-state index in [4.69, 9.17) is 25.8 Å². The van der Waals surface area contributed by atoms with E-state index in [2.05, 4.69) is 71.7 Å². The van der Waals surface area contributed by atoms with Crippen LogP contribution in [0, 0.1) is 11.8 Å². The van der Waals surface area contributed by atoms with E-state index in [9.17, 15) is 14.7 Å². The minimum absolute atomic E-state index is 0.0156. The number of pyridine rings is 1. The quantitative estimate of drug-likeness (QED) is 0.0702. The molecule has 0 bridgehead atoms. The molecule has 1 spiro atoms. The van der Waals surface area contributed by atoms with Crippen molar-refractivity contribution < 1.29 is 28.9 Å². The lowest BCUT2D eigenvalue weighted by atomic mass is 9.59. The number of hydrogen-bond acceptors (Lipinski definition) is 8. The number of rotatable bonds is 21. The maximum Gasteiger partial charge on any atom is 0.329 e. The van der Waals surface area contributed by atoms with E-state index in [0.717, 1.165) is 86.0 Å². The van der Waals surface area contributed by atoms with Crippen molar-refractivity contribution in [1.82, 2.24) is 15.2 Å². The minimum Gasteiger partial charge on any atom is -0.494 e. The van der Waals surface area contributed by atoms with Crippen LogP contribution in [0.3, 0.4) is 0 Å². The first kappa shape index (κ1) is 45.8. The number of hydrogen-bond donors (Lipinski definition) is 3. The lowest BCUT2D eigenvalue weighted by molar-refractivity contribution is -0.144. The number of carboxylic acids is 1. The summed E-state index contributed by atoms with van der Waals surface area (Å²) in [5.74, 6) is 2.85. The number of ether oxygens (including phenoxy) is 3. The Hall–Kier alpha value is -4.80. The van der Waals surface area contributed by atoms with Gasteiger partial charge in [0, 0.05) is 53.7 Å². The Bertz CT molecular complexity index is 2240. The Labute approximate surface area is 384 Å². The molecule has 64 heavy (non-hydrogen) atoms. The largest absolute Gasteiger partial charge is 0.494 e. The fraction of sp³-hybridized carbons (Fsp3) is 0.528. The number of benzene rings is 3. The van der Waals surface area contributed by atoms with Gasteiger partial charge in [-0.25, -0.2) is 4.79 Å². The summed E-state index contributed by atoms with van der Waals surface area (Å²) in [7, 11) is 2.16. The highest BCUT2D eigenvalue weighted by Gasteiger charge is 2.54. The van der Waals surface area contributed by atoms with Gasteiger partial charge >= 0.3 is 5.97 Å². The van der Waals surface area contributed by atoms with Gasteiger partial charge in [-0.3, -0.25) is 9.78 Å². The third kappa shape index (κ3) is 11.0. The Morgan fingerprint density at radius 3 is 2.55 bits per heavy atom. The number of nitrogens with one attached hydrogen (secondary N) is 2. The monoisotopic (exact) mass is 890 g/mol. The van der Waals surface area contributed by atoms with E-state index in [1.165, 1.54) is 41.6 Å². The zero-order chi connectivity index (χ0) is 44.7. The third-order valence-electron chi connectivity index (χ3n) is 14.6. The smallest absolute Gasteiger partial charge is 0.329 e. The van der Waals surface area contributed by atoms with Crippen molar-refractivity contribution in [2.24, 2.45) is 11.8 Å². The number of aliphatic carboxylic acids is 1.